The van der Waals surface area contributed by atoms with Crippen LogP contribution in [0.25, 0.3) is 0 Å². The first-order chi connectivity index (χ1) is 8.76. The summed E-state index contributed by atoms with van der Waals surface area (Å²) in [4.78, 5) is 11.4. The first kappa shape index (κ1) is 16.3. The van der Waals surface area contributed by atoms with Gasteiger partial charge in [0.25, 0.3) is 5.79 Å². The summed E-state index contributed by atoms with van der Waals surface area (Å²) in [6.45, 7) is 0.806. The molecular weight excluding hydrogens is 260 g/mol. The van der Waals surface area contributed by atoms with E-state index in [0.29, 0.717) is 0 Å². The summed E-state index contributed by atoms with van der Waals surface area (Å²) in [5.41, 5.74) is 0. The average Bonchev–Trinajstić information content (AvgIpc) is 2.40. The lowest BCUT2D eigenvalue weighted by Gasteiger charge is -2.43. The van der Waals surface area contributed by atoms with Gasteiger partial charge >= 0.3 is 5.97 Å². The minimum absolute atomic E-state index is 0.403. The van der Waals surface area contributed by atoms with Crippen molar-refractivity contribution in [3.63, 3.8) is 0 Å². The lowest BCUT2D eigenvalue weighted by molar-refractivity contribution is -0.303. The van der Waals surface area contributed by atoms with Crippen LogP contribution in [0, 0.1) is 5.92 Å². The molecule has 8 nitrogen and oxygen atoms in total. The van der Waals surface area contributed by atoms with Gasteiger partial charge in [0.2, 0.25) is 0 Å². The molecule has 1 aliphatic heterocycles. The number of carbonyl (C=O) groups excluding carboxylic acids is 1. The molecule has 0 saturated carbocycles. The third-order valence-electron chi connectivity index (χ3n) is 3.36. The van der Waals surface area contributed by atoms with Gasteiger partial charge in [-0.15, -0.1) is 0 Å². The van der Waals surface area contributed by atoms with Crippen LogP contribution in [0.2, 0.25) is 0 Å². The van der Waals surface area contributed by atoms with Crippen molar-refractivity contribution in [3.8, 4) is 0 Å². The maximum Gasteiger partial charge on any atom is 0.366 e. The number of rotatable bonds is 4. The number of carbonyl (C=O) groups is 1. The Balaban J connectivity index is 2.94. The first-order valence-electron chi connectivity index (χ1n) is 5.90. The molecule has 1 unspecified atom stereocenters. The van der Waals surface area contributed by atoms with Crippen LogP contribution in [0.3, 0.4) is 0 Å². The zero-order chi connectivity index (χ0) is 14.8. The van der Waals surface area contributed by atoms with Crippen molar-refractivity contribution < 1.29 is 39.8 Å². The summed E-state index contributed by atoms with van der Waals surface area (Å²) < 4.78 is 9.47. The van der Waals surface area contributed by atoms with Crippen LogP contribution in [0.1, 0.15) is 13.3 Å². The average molecular weight is 280 g/mol. The van der Waals surface area contributed by atoms with Gasteiger partial charge in [-0.05, 0) is 0 Å². The molecule has 6 atom stereocenters. The van der Waals surface area contributed by atoms with Gasteiger partial charge in [-0.1, -0.05) is 6.92 Å². The van der Waals surface area contributed by atoms with Crippen molar-refractivity contribution in [2.75, 3.05) is 13.7 Å². The molecule has 0 aromatic heterocycles. The first-order valence-corrected chi connectivity index (χ1v) is 5.90. The van der Waals surface area contributed by atoms with E-state index in [9.17, 15) is 25.2 Å². The van der Waals surface area contributed by atoms with Crippen molar-refractivity contribution >= 4 is 5.97 Å². The number of aliphatic hydroxyl groups is 5. The van der Waals surface area contributed by atoms with Crippen molar-refractivity contribution in [1.29, 1.82) is 0 Å². The summed E-state index contributed by atoms with van der Waals surface area (Å²) >= 11 is 0. The largest absolute Gasteiger partial charge is 0.465 e. The Bertz CT molecular complexity index is 322. The van der Waals surface area contributed by atoms with Gasteiger partial charge in [0.1, 0.15) is 12.2 Å². The Hall–Kier alpha value is -0.770. The number of hydrogen-bond donors (Lipinski definition) is 5. The van der Waals surface area contributed by atoms with Crippen LogP contribution in [0.15, 0.2) is 0 Å². The van der Waals surface area contributed by atoms with Crippen LogP contribution < -0.4 is 0 Å². The molecule has 0 aromatic rings. The predicted octanol–water partition coefficient (Wildman–Crippen LogP) is -2.65. The Labute approximate surface area is 110 Å². The summed E-state index contributed by atoms with van der Waals surface area (Å²) in [6.07, 6.45) is -5.84. The third kappa shape index (κ3) is 3.22. The summed E-state index contributed by atoms with van der Waals surface area (Å²) in [6, 6.07) is 0. The fourth-order valence-corrected chi connectivity index (χ4v) is 2.07. The minimum atomic E-state index is -2.39. The normalized spacial score (nSPS) is 38.6. The van der Waals surface area contributed by atoms with Crippen LogP contribution in [0.5, 0.6) is 0 Å². The Morgan fingerprint density at radius 3 is 2.58 bits per heavy atom. The molecule has 1 fully saturated rings. The lowest BCUT2D eigenvalue weighted by atomic mass is 9.85. The molecule has 1 rings (SSSR count). The highest BCUT2D eigenvalue weighted by molar-refractivity contribution is 5.77. The lowest BCUT2D eigenvalue weighted by Crippen LogP contribution is -2.60. The van der Waals surface area contributed by atoms with Gasteiger partial charge in [-0.2, -0.15) is 0 Å². The Kier molecular flexibility index (Phi) is 5.25. The fraction of sp³-hybridized carbons (Fsp3) is 0.909. The molecule has 0 amide bonds. The molecule has 1 aliphatic rings. The fourth-order valence-electron chi connectivity index (χ4n) is 2.07. The molecule has 8 heteroatoms. The van der Waals surface area contributed by atoms with Crippen LogP contribution in [-0.4, -0.2) is 75.4 Å². The zero-order valence-electron chi connectivity index (χ0n) is 10.8. The van der Waals surface area contributed by atoms with Crippen molar-refractivity contribution in [1.82, 2.24) is 0 Å². The quantitative estimate of drug-likeness (QED) is 0.352. The van der Waals surface area contributed by atoms with Crippen LogP contribution in [0.4, 0.5) is 0 Å². The highest BCUT2D eigenvalue weighted by Crippen LogP contribution is 2.34. The van der Waals surface area contributed by atoms with E-state index in [-0.39, 0.29) is 0 Å². The van der Waals surface area contributed by atoms with E-state index in [1.165, 1.54) is 6.92 Å². The molecular formula is C11H20O8. The standard InChI is InChI=1S/C11H20O8/c1-5-6(13)3-11(17,10(16)18-2)19-9(5)8(15)7(14)4-12/h5-9,12-15,17H,3-4H2,1-2H3/t5-,6+,7-,8-,9-,11?/m1/s1. The van der Waals surface area contributed by atoms with Crippen molar-refractivity contribution in [3.05, 3.63) is 0 Å². The second kappa shape index (κ2) is 6.12. The highest BCUT2D eigenvalue weighted by atomic mass is 16.7. The van der Waals surface area contributed by atoms with Crippen LogP contribution in [-0.2, 0) is 14.3 Å². The molecule has 1 heterocycles. The number of aliphatic hydroxyl groups excluding tert-OH is 4. The molecule has 0 aromatic carbocycles. The number of ether oxygens (including phenoxy) is 2. The second-order valence-corrected chi connectivity index (χ2v) is 4.73. The van der Waals surface area contributed by atoms with Crippen LogP contribution >= 0.6 is 0 Å². The summed E-state index contributed by atoms with van der Waals surface area (Å²) in [7, 11) is 1.04. The molecule has 5 N–H and O–H groups in total. The monoisotopic (exact) mass is 280 g/mol. The number of hydrogen-bond acceptors (Lipinski definition) is 8. The van der Waals surface area contributed by atoms with E-state index in [0.717, 1.165) is 7.11 Å². The third-order valence-corrected chi connectivity index (χ3v) is 3.36. The molecule has 0 spiro atoms. The topological polar surface area (TPSA) is 137 Å². The molecule has 112 valence electrons. The molecule has 1 saturated heterocycles. The van der Waals surface area contributed by atoms with E-state index in [1.54, 1.807) is 0 Å². The molecule has 0 aliphatic carbocycles. The van der Waals surface area contributed by atoms with E-state index in [4.69, 9.17) is 9.84 Å². The number of methoxy groups -OCH3 is 1. The Morgan fingerprint density at radius 2 is 2.11 bits per heavy atom. The van der Waals surface area contributed by atoms with E-state index in [1.807, 2.05) is 0 Å². The SMILES string of the molecule is COC(=O)C1(O)C[C@H](O)[C@@H](C)[C@H]([C@H](O)[C@H](O)CO)O1. The highest BCUT2D eigenvalue weighted by Gasteiger charge is 2.52. The number of esters is 1. The van der Waals surface area contributed by atoms with Gasteiger partial charge in [0.15, 0.2) is 0 Å². The summed E-state index contributed by atoms with van der Waals surface area (Å²) in [5.74, 6) is -4.14. The van der Waals surface area contributed by atoms with Gasteiger partial charge in [-0.3, -0.25) is 0 Å². The predicted molar refractivity (Wildman–Crippen MR) is 60.7 cm³/mol. The van der Waals surface area contributed by atoms with Gasteiger partial charge in [0, 0.05) is 12.3 Å². The van der Waals surface area contributed by atoms with Crippen molar-refractivity contribution in [2.45, 2.75) is 43.5 Å². The van der Waals surface area contributed by atoms with Gasteiger partial charge < -0.3 is 35.0 Å². The maximum absolute atomic E-state index is 11.4. The maximum atomic E-state index is 11.4. The second-order valence-electron chi connectivity index (χ2n) is 4.73. The van der Waals surface area contributed by atoms with E-state index < -0.39 is 55.1 Å². The van der Waals surface area contributed by atoms with E-state index >= 15 is 0 Å². The molecule has 0 bridgehead atoms. The zero-order valence-corrected chi connectivity index (χ0v) is 10.8. The molecule has 0 radical (unpaired) electrons. The minimum Gasteiger partial charge on any atom is -0.465 e. The summed E-state index contributed by atoms with van der Waals surface area (Å²) in [5, 5.41) is 47.8. The smallest absolute Gasteiger partial charge is 0.366 e. The van der Waals surface area contributed by atoms with Crippen molar-refractivity contribution in [2.24, 2.45) is 5.92 Å². The van der Waals surface area contributed by atoms with Gasteiger partial charge in [-0.25, -0.2) is 4.79 Å². The Morgan fingerprint density at radius 1 is 1.53 bits per heavy atom. The van der Waals surface area contributed by atoms with Gasteiger partial charge in [0.05, 0.1) is 25.9 Å². The molecule has 19 heavy (non-hydrogen) atoms. The van der Waals surface area contributed by atoms with E-state index in [2.05, 4.69) is 4.74 Å².